The molecule has 2 rings (SSSR count). The molecule has 1 aliphatic heterocycles. The molecule has 2 heterocycles. The van der Waals surface area contributed by atoms with E-state index in [9.17, 15) is 14.7 Å². The molecular weight excluding hydrogens is 216 g/mol. The van der Waals surface area contributed by atoms with Gasteiger partial charge in [-0.1, -0.05) is 0 Å². The summed E-state index contributed by atoms with van der Waals surface area (Å²) in [5.74, 6) is -1.67. The van der Waals surface area contributed by atoms with Crippen LogP contribution in [0.2, 0.25) is 0 Å². The number of likely N-dealkylation sites (tertiary alicyclic amines) is 1. The van der Waals surface area contributed by atoms with E-state index in [1.807, 2.05) is 0 Å². The highest BCUT2D eigenvalue weighted by molar-refractivity contribution is 5.95. The number of carboxylic acid groups (broad SMARTS) is 1. The summed E-state index contributed by atoms with van der Waals surface area (Å²) in [6.45, 7) is 0.00264. The predicted molar refractivity (Wildman–Crippen MR) is 49.5 cm³/mol. The van der Waals surface area contributed by atoms with Crippen LogP contribution < -0.4 is 0 Å². The summed E-state index contributed by atoms with van der Waals surface area (Å²) in [6.07, 6.45) is 0.446. The van der Waals surface area contributed by atoms with Crippen molar-refractivity contribution < 1.29 is 19.8 Å². The molecule has 86 valence electrons. The van der Waals surface area contributed by atoms with Crippen molar-refractivity contribution in [1.29, 1.82) is 0 Å². The molecule has 0 saturated carbocycles. The number of hydrogen-bond acceptors (Lipinski definition) is 5. The molecule has 0 aliphatic carbocycles. The Morgan fingerprint density at radius 2 is 2.31 bits per heavy atom. The van der Waals surface area contributed by atoms with Gasteiger partial charge < -0.3 is 15.1 Å². The molecule has 1 aromatic heterocycles. The maximum Gasteiger partial charge on any atom is 0.326 e. The summed E-state index contributed by atoms with van der Waals surface area (Å²) in [6, 6.07) is -1.00. The van der Waals surface area contributed by atoms with Crippen LogP contribution in [0.5, 0.6) is 0 Å². The lowest BCUT2D eigenvalue weighted by molar-refractivity contribution is -0.141. The second-order valence-corrected chi connectivity index (χ2v) is 3.56. The minimum atomic E-state index is -1.13. The molecule has 0 spiro atoms. The van der Waals surface area contributed by atoms with E-state index in [-0.39, 0.29) is 18.7 Å². The Hall–Kier alpha value is -1.96. The lowest BCUT2D eigenvalue weighted by Crippen LogP contribution is -2.40. The third-order valence-corrected chi connectivity index (χ3v) is 2.46. The van der Waals surface area contributed by atoms with E-state index in [1.54, 1.807) is 0 Å². The number of β-amino-alcohol motifs (C(OH)–C–C–N with tert-alkyl or cyclic N) is 1. The highest BCUT2D eigenvalue weighted by atomic mass is 16.4. The summed E-state index contributed by atoms with van der Waals surface area (Å²) >= 11 is 0. The Morgan fingerprint density at radius 3 is 2.88 bits per heavy atom. The average Bonchev–Trinajstić information content (AvgIpc) is 2.84. The van der Waals surface area contributed by atoms with E-state index in [1.165, 1.54) is 6.20 Å². The fraction of sp³-hybridized carbons (Fsp3) is 0.500. The zero-order chi connectivity index (χ0) is 11.7. The highest BCUT2D eigenvalue weighted by Gasteiger charge is 2.39. The molecule has 1 aromatic rings. The first-order valence-electron chi connectivity index (χ1n) is 4.67. The number of H-pyrrole nitrogens is 1. The third-order valence-electron chi connectivity index (χ3n) is 2.46. The fourth-order valence-corrected chi connectivity index (χ4v) is 1.72. The van der Waals surface area contributed by atoms with E-state index in [0.29, 0.717) is 0 Å². The Kier molecular flexibility index (Phi) is 2.57. The van der Waals surface area contributed by atoms with Gasteiger partial charge >= 0.3 is 5.97 Å². The first kappa shape index (κ1) is 10.6. The number of nitrogens with one attached hydrogen (secondary N) is 1. The largest absolute Gasteiger partial charge is 0.480 e. The summed E-state index contributed by atoms with van der Waals surface area (Å²) in [5, 5.41) is 27.6. The van der Waals surface area contributed by atoms with Gasteiger partial charge in [-0.25, -0.2) is 4.79 Å². The molecule has 0 aromatic carbocycles. The molecule has 16 heavy (non-hydrogen) atoms. The number of carbonyl (C=O) groups is 2. The fourth-order valence-electron chi connectivity index (χ4n) is 1.72. The first-order chi connectivity index (χ1) is 7.59. The van der Waals surface area contributed by atoms with Crippen molar-refractivity contribution in [2.75, 3.05) is 6.54 Å². The minimum absolute atomic E-state index is 0.00264. The smallest absolute Gasteiger partial charge is 0.326 e. The number of aromatic amines is 1. The van der Waals surface area contributed by atoms with Crippen molar-refractivity contribution >= 4 is 11.9 Å². The molecule has 1 saturated heterocycles. The monoisotopic (exact) mass is 226 g/mol. The van der Waals surface area contributed by atoms with E-state index >= 15 is 0 Å². The Morgan fingerprint density at radius 1 is 1.56 bits per heavy atom. The molecule has 1 aliphatic rings. The molecule has 2 atom stereocenters. The first-order valence-corrected chi connectivity index (χ1v) is 4.67. The Balaban J connectivity index is 2.20. The second-order valence-electron chi connectivity index (χ2n) is 3.56. The summed E-state index contributed by atoms with van der Waals surface area (Å²) in [7, 11) is 0. The molecule has 0 bridgehead atoms. The van der Waals surface area contributed by atoms with E-state index in [4.69, 9.17) is 5.11 Å². The van der Waals surface area contributed by atoms with Crippen LogP contribution in [0.3, 0.4) is 0 Å². The van der Waals surface area contributed by atoms with Gasteiger partial charge in [-0.3, -0.25) is 4.79 Å². The maximum absolute atomic E-state index is 11.8. The van der Waals surface area contributed by atoms with Gasteiger partial charge in [-0.2, -0.15) is 15.4 Å². The van der Waals surface area contributed by atoms with Crippen molar-refractivity contribution in [3.63, 3.8) is 0 Å². The maximum atomic E-state index is 11.8. The van der Waals surface area contributed by atoms with Crippen LogP contribution >= 0.6 is 0 Å². The second kappa shape index (κ2) is 3.89. The number of carboxylic acids is 1. The highest BCUT2D eigenvalue weighted by Crippen LogP contribution is 2.19. The van der Waals surface area contributed by atoms with Crippen LogP contribution in [-0.4, -0.2) is 61.1 Å². The molecule has 1 fully saturated rings. The van der Waals surface area contributed by atoms with Gasteiger partial charge in [0.05, 0.1) is 12.3 Å². The van der Waals surface area contributed by atoms with Gasteiger partial charge in [0.15, 0.2) is 5.69 Å². The summed E-state index contributed by atoms with van der Waals surface area (Å²) < 4.78 is 0. The molecular formula is C8H10N4O4. The average molecular weight is 226 g/mol. The predicted octanol–water partition coefficient (Wildman–Crippen LogP) is -1.54. The molecule has 3 N–H and O–H groups in total. The van der Waals surface area contributed by atoms with Crippen molar-refractivity contribution in [3.8, 4) is 0 Å². The van der Waals surface area contributed by atoms with Gasteiger partial charge in [0.25, 0.3) is 5.91 Å². The van der Waals surface area contributed by atoms with Crippen LogP contribution in [0.25, 0.3) is 0 Å². The quantitative estimate of drug-likeness (QED) is 0.562. The molecule has 0 radical (unpaired) electrons. The van der Waals surface area contributed by atoms with Crippen LogP contribution in [0.15, 0.2) is 6.20 Å². The number of amides is 1. The number of aliphatic carboxylic acids is 1. The number of nitrogens with zero attached hydrogens (tertiary/aromatic N) is 3. The third kappa shape index (κ3) is 1.74. The van der Waals surface area contributed by atoms with Crippen molar-refractivity contribution in [1.82, 2.24) is 20.3 Å². The van der Waals surface area contributed by atoms with Gasteiger partial charge in [0.1, 0.15) is 6.04 Å². The number of aromatic nitrogens is 3. The zero-order valence-corrected chi connectivity index (χ0v) is 8.20. The number of aliphatic hydroxyl groups excluding tert-OH is 1. The van der Waals surface area contributed by atoms with Gasteiger partial charge in [0.2, 0.25) is 0 Å². The molecule has 8 heteroatoms. The number of carbonyl (C=O) groups excluding carboxylic acids is 1. The van der Waals surface area contributed by atoms with Gasteiger partial charge in [-0.15, -0.1) is 0 Å². The van der Waals surface area contributed by atoms with Crippen LogP contribution in [0, 0.1) is 0 Å². The summed E-state index contributed by atoms with van der Waals surface area (Å²) in [5.41, 5.74) is 0.0420. The Bertz CT molecular complexity index is 404. The molecule has 1 amide bonds. The van der Waals surface area contributed by atoms with Crippen LogP contribution in [0.4, 0.5) is 0 Å². The Labute approximate surface area is 89.9 Å². The standard InChI is InChI=1S/C8H10N4O4/c13-4-1-6(8(15)16)12(3-4)7(14)5-2-9-11-10-5/h2,4,6,13H,1,3H2,(H,15,16)(H,9,10,11). The SMILES string of the molecule is O=C(O)C1CC(O)CN1C(=O)c1cn[nH]n1. The minimum Gasteiger partial charge on any atom is -0.480 e. The topological polar surface area (TPSA) is 119 Å². The van der Waals surface area contributed by atoms with Crippen molar-refractivity contribution in [3.05, 3.63) is 11.9 Å². The lowest BCUT2D eigenvalue weighted by atomic mass is 10.2. The molecule has 2 unspecified atom stereocenters. The summed E-state index contributed by atoms with van der Waals surface area (Å²) in [4.78, 5) is 23.8. The van der Waals surface area contributed by atoms with E-state index in [2.05, 4.69) is 15.4 Å². The van der Waals surface area contributed by atoms with Gasteiger partial charge in [0, 0.05) is 13.0 Å². The van der Waals surface area contributed by atoms with Gasteiger partial charge in [-0.05, 0) is 0 Å². The molecule has 8 nitrogen and oxygen atoms in total. The number of hydrogen-bond donors (Lipinski definition) is 3. The van der Waals surface area contributed by atoms with Crippen molar-refractivity contribution in [2.24, 2.45) is 0 Å². The number of rotatable bonds is 2. The van der Waals surface area contributed by atoms with Crippen LogP contribution in [-0.2, 0) is 4.79 Å². The normalized spacial score (nSPS) is 24.7. The van der Waals surface area contributed by atoms with E-state index in [0.717, 1.165) is 4.90 Å². The van der Waals surface area contributed by atoms with Crippen molar-refractivity contribution in [2.45, 2.75) is 18.6 Å². The lowest BCUT2D eigenvalue weighted by Gasteiger charge is -2.19. The van der Waals surface area contributed by atoms with Crippen LogP contribution in [0.1, 0.15) is 16.9 Å². The number of aliphatic hydroxyl groups is 1. The van der Waals surface area contributed by atoms with E-state index < -0.39 is 24.0 Å². The zero-order valence-electron chi connectivity index (χ0n) is 8.20.